The maximum absolute atomic E-state index is 14.5. The molecule has 0 saturated heterocycles. The molecule has 0 bridgehead atoms. The van der Waals surface area contributed by atoms with Crippen LogP contribution in [0.2, 0.25) is 0 Å². The van der Waals surface area contributed by atoms with E-state index in [1.165, 1.54) is 6.07 Å². The van der Waals surface area contributed by atoms with Gasteiger partial charge in [0.15, 0.2) is 0 Å². The van der Waals surface area contributed by atoms with Gasteiger partial charge in [0.1, 0.15) is 5.82 Å². The Kier molecular flexibility index (Phi) is 4.10. The molecule has 116 valence electrons. The summed E-state index contributed by atoms with van der Waals surface area (Å²) < 4.78 is 14.5. The number of rotatable bonds is 3. The highest BCUT2D eigenvalue weighted by molar-refractivity contribution is 5.82. The van der Waals surface area contributed by atoms with Crippen molar-refractivity contribution in [1.29, 1.82) is 0 Å². The summed E-state index contributed by atoms with van der Waals surface area (Å²) in [6.45, 7) is 7.20. The van der Waals surface area contributed by atoms with Crippen LogP contribution in [0.4, 0.5) is 4.39 Å². The molecular weight excluding hydrogens is 279 g/mol. The molecule has 0 radical (unpaired) electrons. The Balaban J connectivity index is 2.56. The van der Waals surface area contributed by atoms with Gasteiger partial charge < -0.3 is 5.11 Å². The predicted octanol–water partition coefficient (Wildman–Crippen LogP) is 4.88. The molecule has 0 aromatic heterocycles. The molecular formula is C19H21FO2. The molecule has 22 heavy (non-hydrogen) atoms. The molecule has 0 heterocycles. The van der Waals surface area contributed by atoms with Gasteiger partial charge in [-0.05, 0) is 29.5 Å². The largest absolute Gasteiger partial charge is 0.481 e. The number of aliphatic carboxylic acids is 1. The number of carbonyl (C=O) groups is 1. The summed E-state index contributed by atoms with van der Waals surface area (Å²) in [5.74, 6) is -1.35. The van der Waals surface area contributed by atoms with E-state index in [-0.39, 0.29) is 0 Å². The average molecular weight is 300 g/mol. The summed E-state index contributed by atoms with van der Waals surface area (Å²) in [6, 6.07) is 13.9. The van der Waals surface area contributed by atoms with Crippen LogP contribution < -0.4 is 0 Å². The van der Waals surface area contributed by atoms with E-state index < -0.39 is 22.6 Å². The van der Waals surface area contributed by atoms with Crippen molar-refractivity contribution in [3.63, 3.8) is 0 Å². The highest BCUT2D eigenvalue weighted by atomic mass is 19.1. The maximum atomic E-state index is 14.5. The fraction of sp³-hybridized carbons (Fsp3) is 0.316. The number of carboxylic acid groups (broad SMARTS) is 1. The van der Waals surface area contributed by atoms with Crippen molar-refractivity contribution in [2.75, 3.05) is 0 Å². The van der Waals surface area contributed by atoms with E-state index in [0.29, 0.717) is 11.1 Å². The molecule has 1 unspecified atom stereocenters. The van der Waals surface area contributed by atoms with E-state index in [0.717, 1.165) is 5.56 Å². The first-order valence-corrected chi connectivity index (χ1v) is 7.27. The molecule has 1 atom stereocenters. The molecule has 0 aliphatic carbocycles. The molecule has 0 spiro atoms. The molecule has 2 aromatic rings. The van der Waals surface area contributed by atoms with Gasteiger partial charge in [0.05, 0.1) is 5.41 Å². The summed E-state index contributed by atoms with van der Waals surface area (Å²) in [6.07, 6.45) is 0. The first-order valence-electron chi connectivity index (χ1n) is 7.27. The topological polar surface area (TPSA) is 37.3 Å². The molecule has 0 aliphatic rings. The van der Waals surface area contributed by atoms with Gasteiger partial charge >= 0.3 is 5.97 Å². The number of benzene rings is 2. The fourth-order valence-corrected chi connectivity index (χ4v) is 2.56. The van der Waals surface area contributed by atoms with Gasteiger partial charge in [0.2, 0.25) is 0 Å². The molecule has 1 N–H and O–H groups in total. The standard InChI is InChI=1S/C19H21FO2/c1-18(2,3)19(4,17(21)22)14-10-11-15(16(20)12-14)13-8-6-5-7-9-13/h5-12H,1-4H3,(H,21,22). The van der Waals surface area contributed by atoms with Crippen LogP contribution in [-0.2, 0) is 10.2 Å². The number of hydrogen-bond acceptors (Lipinski definition) is 1. The third-order valence-corrected chi connectivity index (χ3v) is 4.56. The zero-order chi connectivity index (χ0) is 16.5. The summed E-state index contributed by atoms with van der Waals surface area (Å²) in [5, 5.41) is 9.68. The van der Waals surface area contributed by atoms with Gasteiger partial charge in [-0.1, -0.05) is 63.2 Å². The van der Waals surface area contributed by atoms with E-state index in [1.807, 2.05) is 51.1 Å². The van der Waals surface area contributed by atoms with Crippen LogP contribution >= 0.6 is 0 Å². The van der Waals surface area contributed by atoms with Gasteiger partial charge in [0, 0.05) is 5.56 Å². The van der Waals surface area contributed by atoms with Gasteiger partial charge in [-0.3, -0.25) is 4.79 Å². The number of hydrogen-bond donors (Lipinski definition) is 1. The lowest BCUT2D eigenvalue weighted by Crippen LogP contribution is -2.44. The van der Waals surface area contributed by atoms with Crippen molar-refractivity contribution in [1.82, 2.24) is 0 Å². The molecule has 0 aliphatic heterocycles. The van der Waals surface area contributed by atoms with Crippen LogP contribution in [0.25, 0.3) is 11.1 Å². The van der Waals surface area contributed by atoms with Crippen molar-refractivity contribution in [3.05, 3.63) is 59.9 Å². The van der Waals surface area contributed by atoms with Crippen molar-refractivity contribution in [2.24, 2.45) is 5.41 Å². The fourth-order valence-electron chi connectivity index (χ4n) is 2.56. The van der Waals surface area contributed by atoms with Crippen LogP contribution in [0.15, 0.2) is 48.5 Å². The Hall–Kier alpha value is -2.16. The monoisotopic (exact) mass is 300 g/mol. The maximum Gasteiger partial charge on any atom is 0.314 e. The van der Waals surface area contributed by atoms with Gasteiger partial charge in [0.25, 0.3) is 0 Å². The van der Waals surface area contributed by atoms with E-state index >= 15 is 0 Å². The van der Waals surface area contributed by atoms with Crippen LogP contribution in [0, 0.1) is 11.2 Å². The highest BCUT2D eigenvalue weighted by Gasteiger charge is 2.46. The van der Waals surface area contributed by atoms with Gasteiger partial charge in [-0.15, -0.1) is 0 Å². The number of halogens is 1. The van der Waals surface area contributed by atoms with Crippen LogP contribution in [0.3, 0.4) is 0 Å². The molecule has 0 fully saturated rings. The minimum absolute atomic E-state index is 0.402. The molecule has 0 saturated carbocycles. The second-order valence-corrected chi connectivity index (χ2v) is 6.74. The lowest BCUT2D eigenvalue weighted by atomic mass is 9.64. The summed E-state index contributed by atoms with van der Waals surface area (Å²) in [4.78, 5) is 11.8. The molecule has 2 nitrogen and oxygen atoms in total. The Morgan fingerprint density at radius 1 is 1.00 bits per heavy atom. The van der Waals surface area contributed by atoms with Gasteiger partial charge in [-0.2, -0.15) is 0 Å². The average Bonchev–Trinajstić information content (AvgIpc) is 2.45. The third kappa shape index (κ3) is 2.63. The molecule has 2 aromatic carbocycles. The van der Waals surface area contributed by atoms with Crippen LogP contribution in [0.1, 0.15) is 33.3 Å². The third-order valence-electron chi connectivity index (χ3n) is 4.56. The Bertz CT molecular complexity index is 686. The minimum atomic E-state index is -1.16. The predicted molar refractivity (Wildman–Crippen MR) is 86.3 cm³/mol. The first kappa shape index (κ1) is 16.2. The lowest BCUT2D eigenvalue weighted by Gasteiger charge is -2.38. The SMILES string of the molecule is CC(C)(C)C(C)(C(=O)O)c1ccc(-c2ccccc2)c(F)c1. The zero-order valence-corrected chi connectivity index (χ0v) is 13.4. The second kappa shape index (κ2) is 5.56. The van der Waals surface area contributed by atoms with Crippen LogP contribution in [-0.4, -0.2) is 11.1 Å². The first-order chi connectivity index (χ1) is 10.2. The number of carboxylic acids is 1. The van der Waals surface area contributed by atoms with Crippen LogP contribution in [0.5, 0.6) is 0 Å². The van der Waals surface area contributed by atoms with E-state index in [4.69, 9.17) is 0 Å². The Labute approximate surface area is 130 Å². The van der Waals surface area contributed by atoms with Crippen molar-refractivity contribution < 1.29 is 14.3 Å². The Morgan fingerprint density at radius 2 is 1.59 bits per heavy atom. The molecule has 3 heteroatoms. The Morgan fingerprint density at radius 3 is 2.05 bits per heavy atom. The molecule has 0 amide bonds. The van der Waals surface area contributed by atoms with Crippen molar-refractivity contribution >= 4 is 5.97 Å². The van der Waals surface area contributed by atoms with Gasteiger partial charge in [-0.25, -0.2) is 4.39 Å². The van der Waals surface area contributed by atoms with E-state index in [2.05, 4.69) is 0 Å². The normalized spacial score (nSPS) is 14.4. The zero-order valence-electron chi connectivity index (χ0n) is 13.4. The van der Waals surface area contributed by atoms with Crippen molar-refractivity contribution in [3.8, 4) is 11.1 Å². The molecule has 2 rings (SSSR count). The highest BCUT2D eigenvalue weighted by Crippen LogP contribution is 2.42. The van der Waals surface area contributed by atoms with Crippen molar-refractivity contribution in [2.45, 2.75) is 33.1 Å². The summed E-state index contributed by atoms with van der Waals surface area (Å²) in [7, 11) is 0. The summed E-state index contributed by atoms with van der Waals surface area (Å²) >= 11 is 0. The quantitative estimate of drug-likeness (QED) is 0.877. The summed E-state index contributed by atoms with van der Waals surface area (Å²) in [5.41, 5.74) is 0.0257. The smallest absolute Gasteiger partial charge is 0.314 e. The second-order valence-electron chi connectivity index (χ2n) is 6.74. The lowest BCUT2D eigenvalue weighted by molar-refractivity contribution is -0.147. The minimum Gasteiger partial charge on any atom is -0.481 e. The van der Waals surface area contributed by atoms with E-state index in [9.17, 15) is 14.3 Å². The van der Waals surface area contributed by atoms with E-state index in [1.54, 1.807) is 19.1 Å².